The average molecular weight is 508 g/mol. The number of para-hydroxylation sites is 1. The maximum atomic E-state index is 12.6. The lowest BCUT2D eigenvalue weighted by molar-refractivity contribution is -0.153. The monoisotopic (exact) mass is 507 g/mol. The lowest BCUT2D eigenvalue weighted by Gasteiger charge is -2.26. The van der Waals surface area contributed by atoms with E-state index in [1.807, 2.05) is 0 Å². The molecule has 2 aliphatic rings. The van der Waals surface area contributed by atoms with E-state index in [1.165, 1.54) is 23.8 Å². The maximum absolute atomic E-state index is 12.6. The molecule has 1 unspecified atom stereocenters. The molecule has 7 nitrogen and oxygen atoms in total. The molecule has 196 valence electrons. The van der Waals surface area contributed by atoms with Crippen molar-refractivity contribution in [1.82, 2.24) is 9.88 Å². The first-order valence-corrected chi connectivity index (χ1v) is 12.4. The van der Waals surface area contributed by atoms with Crippen molar-refractivity contribution in [3.63, 3.8) is 0 Å². The number of alkyl halides is 3. The number of carboxylic acid groups (broad SMARTS) is 1. The molecular formula is C26H32F3N3O4. The summed E-state index contributed by atoms with van der Waals surface area (Å²) in [5, 5.41) is 13.2. The third kappa shape index (κ3) is 7.10. The van der Waals surface area contributed by atoms with Gasteiger partial charge in [-0.25, -0.2) is 4.98 Å². The van der Waals surface area contributed by atoms with E-state index in [-0.39, 0.29) is 17.4 Å². The van der Waals surface area contributed by atoms with Crippen LogP contribution in [0.2, 0.25) is 0 Å². The molecule has 2 N–H and O–H groups in total. The summed E-state index contributed by atoms with van der Waals surface area (Å²) in [5.41, 5.74) is 2.54. The van der Waals surface area contributed by atoms with Gasteiger partial charge in [0.1, 0.15) is 17.6 Å². The van der Waals surface area contributed by atoms with Crippen LogP contribution in [0.1, 0.15) is 48.5 Å². The lowest BCUT2D eigenvalue weighted by atomic mass is 10.0. The van der Waals surface area contributed by atoms with E-state index < -0.39 is 24.8 Å². The number of hydrogen-bond donors (Lipinski definition) is 2. The number of pyridine rings is 1. The van der Waals surface area contributed by atoms with E-state index in [2.05, 4.69) is 17.4 Å². The number of carboxylic acids is 1. The van der Waals surface area contributed by atoms with Crippen molar-refractivity contribution in [1.29, 1.82) is 0 Å². The van der Waals surface area contributed by atoms with E-state index in [1.54, 1.807) is 11.0 Å². The number of unbranched alkanes of at least 4 members (excludes halogenated alkanes) is 1. The fourth-order valence-electron chi connectivity index (χ4n) is 4.77. The number of aromatic nitrogens is 1. The predicted octanol–water partition coefficient (Wildman–Crippen LogP) is 4.62. The van der Waals surface area contributed by atoms with Crippen molar-refractivity contribution in [3.8, 4) is 5.75 Å². The van der Waals surface area contributed by atoms with E-state index in [0.717, 1.165) is 50.2 Å². The van der Waals surface area contributed by atoms with Gasteiger partial charge in [0.05, 0.1) is 6.10 Å². The van der Waals surface area contributed by atoms with Crippen molar-refractivity contribution in [3.05, 3.63) is 53.2 Å². The summed E-state index contributed by atoms with van der Waals surface area (Å²) in [6.45, 7) is 0.915. The third-order valence-corrected chi connectivity index (χ3v) is 6.51. The van der Waals surface area contributed by atoms with Crippen LogP contribution in [0.4, 0.5) is 19.0 Å². The Morgan fingerprint density at radius 2 is 2.06 bits per heavy atom. The Hall–Kier alpha value is -2.85. The summed E-state index contributed by atoms with van der Waals surface area (Å²) >= 11 is 0. The van der Waals surface area contributed by atoms with Crippen molar-refractivity contribution >= 4 is 11.8 Å². The van der Waals surface area contributed by atoms with E-state index in [0.29, 0.717) is 26.1 Å². The van der Waals surface area contributed by atoms with Gasteiger partial charge in [0.25, 0.3) is 0 Å². The van der Waals surface area contributed by atoms with Gasteiger partial charge in [0.2, 0.25) is 0 Å². The largest absolute Gasteiger partial charge is 0.484 e. The normalized spacial score (nSPS) is 18.9. The van der Waals surface area contributed by atoms with Gasteiger partial charge in [0.15, 0.2) is 6.61 Å². The average Bonchev–Trinajstić information content (AvgIpc) is 3.30. The molecule has 4 rings (SSSR count). The number of likely N-dealkylation sites (tertiary alicyclic amines) is 1. The minimum atomic E-state index is -4.51. The Balaban J connectivity index is 1.25. The fraction of sp³-hybridized carbons (Fsp3) is 0.538. The molecule has 0 aliphatic carbocycles. The number of benzene rings is 1. The molecule has 1 aromatic heterocycles. The molecule has 2 aromatic rings. The highest BCUT2D eigenvalue weighted by atomic mass is 19.4. The number of aliphatic carboxylic acids is 1. The summed E-state index contributed by atoms with van der Waals surface area (Å²) in [4.78, 5) is 18.5. The molecule has 10 heteroatoms. The van der Waals surface area contributed by atoms with Crippen molar-refractivity contribution in [2.45, 2.75) is 56.8 Å². The highest BCUT2D eigenvalue weighted by Gasteiger charge is 2.36. The number of fused-ring (bicyclic) bond motifs is 1. The summed E-state index contributed by atoms with van der Waals surface area (Å²) in [5.74, 6) is -0.206. The first-order chi connectivity index (χ1) is 17.3. The van der Waals surface area contributed by atoms with Gasteiger partial charge in [-0.05, 0) is 56.2 Å². The molecule has 1 saturated heterocycles. The standard InChI is InChI=1S/C26H32F3N3O4/c27-26(28,29)17-36-22-9-2-1-8-21(22)23(25(33)34)32-14-12-20(16-32)35-15-4-3-7-19-11-10-18-6-5-13-30-24(18)31-19/h1-2,8-11,20,23H,3-7,12-17H2,(H,30,31)(H,33,34)/t20-,23?/m1/s1. The van der Waals surface area contributed by atoms with Gasteiger partial charge in [-0.2, -0.15) is 13.2 Å². The Bertz CT molecular complexity index is 1030. The van der Waals surface area contributed by atoms with Gasteiger partial charge in [-0.15, -0.1) is 0 Å². The number of anilines is 1. The SMILES string of the molecule is O=C(O)C(c1ccccc1OCC(F)(F)F)N1CC[C@@H](OCCCCc2ccc3c(n2)NCCC3)C1. The predicted molar refractivity (Wildman–Crippen MR) is 128 cm³/mol. The molecule has 0 radical (unpaired) electrons. The van der Waals surface area contributed by atoms with Crippen LogP contribution in [0.15, 0.2) is 36.4 Å². The number of hydrogen-bond acceptors (Lipinski definition) is 6. The second kappa shape index (κ2) is 11.9. The smallest absolute Gasteiger partial charge is 0.422 e. The van der Waals surface area contributed by atoms with Gasteiger partial charge in [-0.1, -0.05) is 24.3 Å². The van der Waals surface area contributed by atoms with Crippen molar-refractivity contribution < 1.29 is 32.5 Å². The molecule has 3 heterocycles. The Labute approximate surface area is 208 Å². The van der Waals surface area contributed by atoms with Crippen LogP contribution in [0.5, 0.6) is 5.75 Å². The van der Waals surface area contributed by atoms with Crippen molar-refractivity contribution in [2.24, 2.45) is 0 Å². The number of carbonyl (C=O) groups is 1. The molecule has 1 aromatic carbocycles. The Morgan fingerprint density at radius 1 is 1.22 bits per heavy atom. The first-order valence-electron chi connectivity index (χ1n) is 12.4. The zero-order valence-electron chi connectivity index (χ0n) is 20.1. The van der Waals surface area contributed by atoms with Crippen LogP contribution in [0, 0.1) is 0 Å². The minimum absolute atomic E-state index is 0.0717. The van der Waals surface area contributed by atoms with Crippen LogP contribution < -0.4 is 10.1 Å². The third-order valence-electron chi connectivity index (χ3n) is 6.51. The van der Waals surface area contributed by atoms with Gasteiger partial charge < -0.3 is 19.9 Å². The number of halogens is 3. The number of ether oxygens (including phenoxy) is 2. The fourth-order valence-corrected chi connectivity index (χ4v) is 4.77. The number of aryl methyl sites for hydroxylation is 2. The number of nitrogens with zero attached hydrogens (tertiary/aromatic N) is 2. The zero-order valence-corrected chi connectivity index (χ0v) is 20.1. The van der Waals surface area contributed by atoms with Gasteiger partial charge in [-0.3, -0.25) is 9.69 Å². The van der Waals surface area contributed by atoms with Gasteiger partial charge >= 0.3 is 12.1 Å². The molecule has 0 saturated carbocycles. The second-order valence-electron chi connectivity index (χ2n) is 9.26. The molecule has 0 spiro atoms. The van der Waals surface area contributed by atoms with Gasteiger partial charge in [0, 0.05) is 37.5 Å². The van der Waals surface area contributed by atoms with E-state index >= 15 is 0 Å². The molecule has 0 amide bonds. The van der Waals surface area contributed by atoms with Crippen LogP contribution in [-0.2, 0) is 22.4 Å². The Morgan fingerprint density at radius 3 is 2.86 bits per heavy atom. The molecule has 0 bridgehead atoms. The quantitative estimate of drug-likeness (QED) is 0.430. The minimum Gasteiger partial charge on any atom is -0.484 e. The topological polar surface area (TPSA) is 83.9 Å². The highest BCUT2D eigenvalue weighted by Crippen LogP contribution is 2.33. The lowest BCUT2D eigenvalue weighted by Crippen LogP contribution is -2.34. The molecular weight excluding hydrogens is 475 g/mol. The van der Waals surface area contributed by atoms with Crippen LogP contribution in [0.3, 0.4) is 0 Å². The molecule has 2 atom stereocenters. The highest BCUT2D eigenvalue weighted by molar-refractivity contribution is 5.76. The maximum Gasteiger partial charge on any atom is 0.422 e. The molecule has 36 heavy (non-hydrogen) atoms. The number of nitrogens with one attached hydrogen (secondary N) is 1. The van der Waals surface area contributed by atoms with Crippen LogP contribution in [0.25, 0.3) is 0 Å². The van der Waals surface area contributed by atoms with Crippen molar-refractivity contribution in [2.75, 3.05) is 38.2 Å². The summed E-state index contributed by atoms with van der Waals surface area (Å²) in [7, 11) is 0. The summed E-state index contributed by atoms with van der Waals surface area (Å²) in [6, 6.07) is 9.13. The molecule has 2 aliphatic heterocycles. The van der Waals surface area contributed by atoms with E-state index in [4.69, 9.17) is 14.5 Å². The zero-order chi connectivity index (χ0) is 25.5. The first kappa shape index (κ1) is 26.2. The van der Waals surface area contributed by atoms with E-state index in [9.17, 15) is 23.1 Å². The second-order valence-corrected chi connectivity index (χ2v) is 9.26. The van der Waals surface area contributed by atoms with Crippen LogP contribution >= 0.6 is 0 Å². The Kier molecular flexibility index (Phi) is 8.68. The number of rotatable bonds is 11. The molecule has 1 fully saturated rings. The summed E-state index contributed by atoms with van der Waals surface area (Å²) in [6.07, 6.45) is 0.889. The summed E-state index contributed by atoms with van der Waals surface area (Å²) < 4.78 is 48.9. The van der Waals surface area contributed by atoms with Crippen LogP contribution in [-0.4, -0.2) is 66.1 Å².